The third-order valence-electron chi connectivity index (χ3n) is 6.04. The van der Waals surface area contributed by atoms with Crippen LogP contribution in [-0.2, 0) is 11.2 Å². The highest BCUT2D eigenvalue weighted by Crippen LogP contribution is 2.24. The Bertz CT molecular complexity index is 949. The van der Waals surface area contributed by atoms with Gasteiger partial charge in [0.05, 0.1) is 12.5 Å². The summed E-state index contributed by atoms with van der Waals surface area (Å²) < 4.78 is 0. The van der Waals surface area contributed by atoms with Crippen molar-refractivity contribution in [3.8, 4) is 0 Å². The van der Waals surface area contributed by atoms with Crippen molar-refractivity contribution in [2.45, 2.75) is 19.4 Å². The zero-order valence-corrected chi connectivity index (χ0v) is 18.2. The van der Waals surface area contributed by atoms with E-state index in [4.69, 9.17) is 0 Å². The fraction of sp³-hybridized carbons (Fsp3) is 0.296. The molecule has 4 rings (SSSR count). The van der Waals surface area contributed by atoms with Crippen LogP contribution in [0.1, 0.15) is 22.7 Å². The van der Waals surface area contributed by atoms with E-state index in [1.807, 2.05) is 18.2 Å². The maximum absolute atomic E-state index is 12.6. The summed E-state index contributed by atoms with van der Waals surface area (Å²) in [6, 6.07) is 29.5. The van der Waals surface area contributed by atoms with Gasteiger partial charge in [-0.05, 0) is 30.2 Å². The van der Waals surface area contributed by atoms with E-state index in [1.54, 1.807) is 0 Å². The number of nitrogens with zero attached hydrogens (tertiary/aromatic N) is 2. The number of para-hydroxylation sites is 1. The minimum absolute atomic E-state index is 0.0766. The van der Waals surface area contributed by atoms with Crippen molar-refractivity contribution >= 4 is 11.6 Å². The fourth-order valence-corrected chi connectivity index (χ4v) is 4.23. The zero-order chi connectivity index (χ0) is 21.5. The first-order valence-electron chi connectivity index (χ1n) is 11.1. The molecule has 31 heavy (non-hydrogen) atoms. The SMILES string of the molecule is Cc1ccc(CC(=O)NCC(c2ccccc2)N2CCN(c3ccccc3)CC2)cc1. The number of hydrogen-bond acceptors (Lipinski definition) is 3. The Morgan fingerprint density at radius 2 is 1.45 bits per heavy atom. The molecule has 1 aliphatic rings. The molecule has 3 aromatic rings. The van der Waals surface area contributed by atoms with Crippen LogP contribution in [0.5, 0.6) is 0 Å². The molecule has 160 valence electrons. The van der Waals surface area contributed by atoms with Gasteiger partial charge in [0.2, 0.25) is 5.91 Å². The third-order valence-corrected chi connectivity index (χ3v) is 6.04. The van der Waals surface area contributed by atoms with Gasteiger partial charge in [-0.1, -0.05) is 78.4 Å². The Morgan fingerprint density at radius 1 is 0.839 bits per heavy atom. The lowest BCUT2D eigenvalue weighted by Gasteiger charge is -2.40. The van der Waals surface area contributed by atoms with Crippen LogP contribution in [0.25, 0.3) is 0 Å². The number of benzene rings is 3. The van der Waals surface area contributed by atoms with Crippen LogP contribution in [0.2, 0.25) is 0 Å². The summed E-state index contributed by atoms with van der Waals surface area (Å²) in [7, 11) is 0. The van der Waals surface area contributed by atoms with Crippen LogP contribution in [0.15, 0.2) is 84.9 Å². The number of hydrogen-bond donors (Lipinski definition) is 1. The predicted molar refractivity (Wildman–Crippen MR) is 127 cm³/mol. The number of anilines is 1. The monoisotopic (exact) mass is 413 g/mol. The zero-order valence-electron chi connectivity index (χ0n) is 18.2. The quantitative estimate of drug-likeness (QED) is 0.630. The minimum atomic E-state index is 0.0766. The van der Waals surface area contributed by atoms with E-state index >= 15 is 0 Å². The molecule has 0 bridgehead atoms. The Kier molecular flexibility index (Phi) is 7.00. The number of carbonyl (C=O) groups excluding carboxylic acids is 1. The molecule has 4 nitrogen and oxygen atoms in total. The highest BCUT2D eigenvalue weighted by atomic mass is 16.1. The minimum Gasteiger partial charge on any atom is -0.369 e. The van der Waals surface area contributed by atoms with E-state index in [1.165, 1.54) is 16.8 Å². The second-order valence-electron chi connectivity index (χ2n) is 8.25. The average Bonchev–Trinajstić information content (AvgIpc) is 2.82. The first kappa shape index (κ1) is 21.1. The molecule has 0 spiro atoms. The molecule has 0 radical (unpaired) electrons. The molecule has 1 saturated heterocycles. The first-order valence-corrected chi connectivity index (χ1v) is 11.1. The van der Waals surface area contributed by atoms with Crippen molar-refractivity contribution in [3.05, 3.63) is 102 Å². The molecular formula is C27H31N3O. The molecule has 0 aliphatic carbocycles. The molecule has 1 amide bonds. The van der Waals surface area contributed by atoms with Gasteiger partial charge in [-0.3, -0.25) is 9.69 Å². The molecule has 1 fully saturated rings. The van der Waals surface area contributed by atoms with E-state index in [9.17, 15) is 4.79 Å². The predicted octanol–water partition coefficient (Wildman–Crippen LogP) is 4.22. The number of carbonyl (C=O) groups is 1. The van der Waals surface area contributed by atoms with Gasteiger partial charge in [0, 0.05) is 38.4 Å². The van der Waals surface area contributed by atoms with Gasteiger partial charge in [-0.2, -0.15) is 0 Å². The number of piperazine rings is 1. The fourth-order valence-electron chi connectivity index (χ4n) is 4.23. The van der Waals surface area contributed by atoms with Gasteiger partial charge < -0.3 is 10.2 Å². The van der Waals surface area contributed by atoms with Crippen molar-refractivity contribution in [1.82, 2.24) is 10.2 Å². The topological polar surface area (TPSA) is 35.6 Å². The van der Waals surface area contributed by atoms with Crippen molar-refractivity contribution in [2.24, 2.45) is 0 Å². The summed E-state index contributed by atoms with van der Waals surface area (Å²) in [5, 5.41) is 3.19. The van der Waals surface area contributed by atoms with E-state index in [0.29, 0.717) is 13.0 Å². The number of rotatable bonds is 7. The van der Waals surface area contributed by atoms with Crippen molar-refractivity contribution in [3.63, 3.8) is 0 Å². The molecule has 4 heteroatoms. The molecule has 1 N–H and O–H groups in total. The van der Waals surface area contributed by atoms with Gasteiger partial charge >= 0.3 is 0 Å². The molecule has 1 aliphatic heterocycles. The van der Waals surface area contributed by atoms with Crippen molar-refractivity contribution in [1.29, 1.82) is 0 Å². The van der Waals surface area contributed by atoms with Gasteiger partial charge in [0.25, 0.3) is 0 Å². The van der Waals surface area contributed by atoms with Crippen LogP contribution in [0, 0.1) is 6.92 Å². The maximum Gasteiger partial charge on any atom is 0.224 e. The van der Waals surface area contributed by atoms with Gasteiger partial charge in [0.15, 0.2) is 0 Å². The van der Waals surface area contributed by atoms with E-state index in [0.717, 1.165) is 31.7 Å². The van der Waals surface area contributed by atoms with Gasteiger partial charge in [-0.15, -0.1) is 0 Å². The molecule has 1 unspecified atom stereocenters. The number of nitrogens with one attached hydrogen (secondary N) is 1. The molecule has 0 aromatic heterocycles. The Hall–Kier alpha value is -3.11. The first-order chi connectivity index (χ1) is 15.2. The Labute approximate surface area is 185 Å². The molecule has 1 atom stereocenters. The standard InChI is InChI=1S/C27H31N3O/c1-22-12-14-23(15-13-22)20-27(31)28-21-26(24-8-4-2-5-9-24)30-18-16-29(17-19-30)25-10-6-3-7-11-25/h2-15,26H,16-21H2,1H3,(H,28,31). The van der Waals surface area contributed by atoms with E-state index in [2.05, 4.69) is 88.8 Å². The maximum atomic E-state index is 12.6. The van der Waals surface area contributed by atoms with Crippen LogP contribution in [0.4, 0.5) is 5.69 Å². The van der Waals surface area contributed by atoms with Crippen LogP contribution >= 0.6 is 0 Å². The van der Waals surface area contributed by atoms with Crippen LogP contribution in [0.3, 0.4) is 0 Å². The lowest BCUT2D eigenvalue weighted by Crippen LogP contribution is -2.50. The largest absolute Gasteiger partial charge is 0.369 e. The lowest BCUT2D eigenvalue weighted by molar-refractivity contribution is -0.120. The van der Waals surface area contributed by atoms with Crippen LogP contribution in [-0.4, -0.2) is 43.5 Å². The Balaban J connectivity index is 1.38. The highest BCUT2D eigenvalue weighted by Gasteiger charge is 2.25. The Morgan fingerprint density at radius 3 is 2.10 bits per heavy atom. The van der Waals surface area contributed by atoms with E-state index in [-0.39, 0.29) is 11.9 Å². The normalized spacial score (nSPS) is 15.5. The summed E-state index contributed by atoms with van der Waals surface area (Å²) in [5.74, 6) is 0.0766. The van der Waals surface area contributed by atoms with Crippen molar-refractivity contribution in [2.75, 3.05) is 37.6 Å². The summed E-state index contributed by atoms with van der Waals surface area (Å²) in [5.41, 5.74) is 4.80. The van der Waals surface area contributed by atoms with Gasteiger partial charge in [0.1, 0.15) is 0 Å². The van der Waals surface area contributed by atoms with E-state index < -0.39 is 0 Å². The number of amides is 1. The smallest absolute Gasteiger partial charge is 0.224 e. The average molecular weight is 414 g/mol. The second-order valence-corrected chi connectivity index (χ2v) is 8.25. The molecule has 3 aromatic carbocycles. The van der Waals surface area contributed by atoms with Crippen LogP contribution < -0.4 is 10.2 Å². The summed E-state index contributed by atoms with van der Waals surface area (Å²) in [6.45, 7) is 6.62. The lowest BCUT2D eigenvalue weighted by atomic mass is 10.0. The second kappa shape index (κ2) is 10.3. The molecular weight excluding hydrogens is 382 g/mol. The molecule has 0 saturated carbocycles. The summed E-state index contributed by atoms with van der Waals surface area (Å²) >= 11 is 0. The van der Waals surface area contributed by atoms with Crippen molar-refractivity contribution < 1.29 is 4.79 Å². The highest BCUT2D eigenvalue weighted by molar-refractivity contribution is 5.78. The number of aryl methyl sites for hydroxylation is 1. The third kappa shape index (κ3) is 5.74. The molecule has 1 heterocycles. The summed E-state index contributed by atoms with van der Waals surface area (Å²) in [6.07, 6.45) is 0.420. The van der Waals surface area contributed by atoms with Gasteiger partial charge in [-0.25, -0.2) is 0 Å². The summed E-state index contributed by atoms with van der Waals surface area (Å²) in [4.78, 5) is 17.6.